The van der Waals surface area contributed by atoms with Gasteiger partial charge in [-0.1, -0.05) is 162 Å². The predicted octanol–water partition coefficient (Wildman–Crippen LogP) is 10.3. The average molecular weight is 794 g/mol. The van der Waals surface area contributed by atoms with E-state index in [0.717, 1.165) is 57.8 Å². The Morgan fingerprint density at radius 3 is 1.48 bits per heavy atom. The monoisotopic (exact) mass is 794 g/mol. The summed E-state index contributed by atoms with van der Waals surface area (Å²) in [6.45, 7) is 3.84. The second-order valence-electron chi connectivity index (χ2n) is 16.3. The molecule has 54 heavy (non-hydrogen) atoms. The number of hydrogen-bond acceptors (Lipinski definition) is 9. The highest BCUT2D eigenvalue weighted by molar-refractivity contribution is 7.52. The van der Waals surface area contributed by atoms with Crippen LogP contribution in [-0.4, -0.2) is 81.2 Å². The van der Waals surface area contributed by atoms with Gasteiger partial charge >= 0.3 is 20.1 Å². The highest BCUT2D eigenvalue weighted by atomic mass is 31.2. The minimum Gasteiger partial charge on any atom is -0.603 e. The molecule has 0 saturated heterocycles. The molecule has 2 atom stereocenters. The highest BCUT2D eigenvalue weighted by Crippen LogP contribution is 2.48. The van der Waals surface area contributed by atoms with E-state index in [1.165, 1.54) is 109 Å². The number of quaternary nitrogens is 1. The van der Waals surface area contributed by atoms with Crippen molar-refractivity contribution in [3.63, 3.8) is 0 Å². The lowest BCUT2D eigenvalue weighted by Gasteiger charge is -2.25. The molecule has 0 bridgehead atoms. The van der Waals surface area contributed by atoms with Crippen molar-refractivity contribution in [1.29, 1.82) is 0 Å². The maximum Gasteiger partial charge on any atom is 0.426 e. The molecule has 12 heteroatoms. The second kappa shape index (κ2) is 36.4. The molecule has 1 N–H and O–H groups in total. The fourth-order valence-corrected chi connectivity index (χ4v) is 6.80. The number of aliphatic hydroxyl groups is 1. The molecule has 0 aliphatic carbocycles. The van der Waals surface area contributed by atoms with E-state index in [0.29, 0.717) is 17.4 Å². The van der Waals surface area contributed by atoms with E-state index in [-0.39, 0.29) is 32.2 Å². The molecular weight excluding hydrogens is 709 g/mol. The summed E-state index contributed by atoms with van der Waals surface area (Å²) in [4.78, 5) is 59.6. The molecular formula is C42H84NO10P+. The van der Waals surface area contributed by atoms with Crippen LogP contribution in [0.2, 0.25) is 0 Å². The number of likely N-dealkylation sites (N-methyl/N-ethyl adjacent to an activating group) is 1. The summed E-state index contributed by atoms with van der Waals surface area (Å²) in [6, 6.07) is 0. The number of carbonyl (C=O) groups excluding carboxylic acids is 2. The largest absolute Gasteiger partial charge is 0.603 e. The van der Waals surface area contributed by atoms with Crippen LogP contribution in [0.5, 0.6) is 0 Å². The predicted molar refractivity (Wildman–Crippen MR) is 216 cm³/mol. The topological polar surface area (TPSA) is 143 Å². The lowest BCUT2D eigenvalue weighted by atomic mass is 10.0. The van der Waals surface area contributed by atoms with Crippen molar-refractivity contribution in [3.8, 4) is 0 Å². The molecule has 0 aromatic carbocycles. The third-order valence-electron chi connectivity index (χ3n) is 9.76. The molecule has 0 fully saturated rings. The van der Waals surface area contributed by atoms with Gasteiger partial charge < -0.3 is 19.2 Å². The van der Waals surface area contributed by atoms with Gasteiger partial charge in [0.1, 0.15) is 26.4 Å². The fraction of sp³-hybridized carbons (Fsp3) is 0.952. The van der Waals surface area contributed by atoms with Crippen LogP contribution in [-0.2, 0) is 38.0 Å². The molecule has 0 amide bonds. The summed E-state index contributed by atoms with van der Waals surface area (Å²) >= 11 is 0. The maximum absolute atomic E-state index is 12.4. The summed E-state index contributed by atoms with van der Waals surface area (Å²) < 4.78 is 15.8. The number of unbranched alkanes of at least 4 members (excludes halogenated alkanes) is 23. The second-order valence-corrected chi connectivity index (χ2v) is 17.7. The van der Waals surface area contributed by atoms with E-state index in [1.807, 2.05) is 28.1 Å². The van der Waals surface area contributed by atoms with E-state index in [1.54, 1.807) is 0 Å². The number of hydrogen-bond donors (Lipinski definition) is 1. The Morgan fingerprint density at radius 2 is 1.04 bits per heavy atom. The first kappa shape index (κ1) is 53.1. The van der Waals surface area contributed by atoms with Gasteiger partial charge in [-0.05, 0) is 25.7 Å². The van der Waals surface area contributed by atoms with E-state index in [4.69, 9.17) is 23.6 Å². The zero-order valence-electron chi connectivity index (χ0n) is 35.5. The van der Waals surface area contributed by atoms with Crippen LogP contribution in [0, 0.1) is 0 Å². The van der Waals surface area contributed by atoms with E-state index >= 15 is 0 Å². The van der Waals surface area contributed by atoms with Crippen LogP contribution < -0.4 is 4.89 Å². The van der Waals surface area contributed by atoms with Crippen LogP contribution in [0.25, 0.3) is 0 Å². The van der Waals surface area contributed by atoms with E-state index in [2.05, 4.69) is 6.92 Å². The van der Waals surface area contributed by atoms with E-state index < -0.39 is 32.8 Å². The Bertz CT molecular complexity index is 857. The molecule has 0 aromatic rings. The molecule has 0 heterocycles. The average Bonchev–Trinajstić information content (AvgIpc) is 3.12. The summed E-state index contributed by atoms with van der Waals surface area (Å²) in [5.74, 6) is -0.978. The van der Waals surface area contributed by atoms with Crippen molar-refractivity contribution in [1.82, 2.24) is 0 Å². The van der Waals surface area contributed by atoms with Gasteiger partial charge in [0.2, 0.25) is 0 Å². The van der Waals surface area contributed by atoms with Gasteiger partial charge in [-0.25, -0.2) is 4.79 Å². The molecule has 0 aliphatic heterocycles. The Balaban J connectivity index is 4.29. The van der Waals surface area contributed by atoms with Crippen LogP contribution in [0.3, 0.4) is 0 Å². The molecule has 0 rings (SSSR count). The number of ether oxygens (including phenoxy) is 1. The van der Waals surface area contributed by atoms with Crippen LogP contribution in [0.15, 0.2) is 0 Å². The zero-order chi connectivity index (χ0) is 40.2. The maximum atomic E-state index is 12.4. The van der Waals surface area contributed by atoms with Crippen molar-refractivity contribution in [2.75, 3.05) is 47.5 Å². The quantitative estimate of drug-likeness (QED) is 0.0160. The van der Waals surface area contributed by atoms with Crippen molar-refractivity contribution in [3.05, 3.63) is 0 Å². The van der Waals surface area contributed by atoms with Gasteiger partial charge in [0.15, 0.2) is 6.10 Å². The molecule has 0 aromatic heterocycles. The highest BCUT2D eigenvalue weighted by Gasteiger charge is 2.34. The van der Waals surface area contributed by atoms with Crippen molar-refractivity contribution < 1.29 is 52.5 Å². The molecule has 1 unspecified atom stereocenters. The van der Waals surface area contributed by atoms with Gasteiger partial charge in [-0.2, -0.15) is 13.9 Å². The lowest BCUT2D eigenvalue weighted by molar-refractivity contribution is -0.870. The Kier molecular flexibility index (Phi) is 35.8. The SMILES string of the molecule is CCCCCCCCCCCCCCCC(=O)OC[C@H](CO[P+]([O])([O-])OCC[N+](C)(C)C)OOC(=O)CCCCCCCCCCCCCCC(O)CC. The van der Waals surface area contributed by atoms with Gasteiger partial charge in [-0.3, -0.25) is 9.68 Å². The van der Waals surface area contributed by atoms with Crippen LogP contribution >= 0.6 is 8.17 Å². The Morgan fingerprint density at radius 1 is 0.611 bits per heavy atom. The first-order valence-corrected chi connectivity index (χ1v) is 23.4. The fourth-order valence-electron chi connectivity index (χ4n) is 6.07. The molecule has 0 aliphatic rings. The number of nitrogens with zero attached hydrogens (tertiary/aromatic N) is 1. The van der Waals surface area contributed by atoms with Gasteiger partial charge in [-0.15, -0.1) is 0 Å². The Hall–Kier alpha value is -0.910. The third-order valence-corrected chi connectivity index (χ3v) is 10.7. The lowest BCUT2D eigenvalue weighted by Crippen LogP contribution is -2.38. The van der Waals surface area contributed by atoms with Crippen LogP contribution in [0.1, 0.15) is 200 Å². The molecule has 11 nitrogen and oxygen atoms in total. The minimum atomic E-state index is -4.65. The van der Waals surface area contributed by atoms with Crippen molar-refractivity contribution in [2.24, 2.45) is 0 Å². The summed E-state index contributed by atoms with van der Waals surface area (Å²) in [5.41, 5.74) is 0. The first-order chi connectivity index (χ1) is 25.9. The number of carbonyl (C=O) groups is 2. The zero-order valence-corrected chi connectivity index (χ0v) is 36.4. The first-order valence-electron chi connectivity index (χ1n) is 22.0. The van der Waals surface area contributed by atoms with Gasteiger partial charge in [0.05, 0.1) is 27.2 Å². The molecule has 0 saturated carbocycles. The smallest absolute Gasteiger partial charge is 0.426 e. The van der Waals surface area contributed by atoms with Gasteiger partial charge in [0.25, 0.3) is 0 Å². The molecule has 1 radical (unpaired) electrons. The summed E-state index contributed by atoms with van der Waals surface area (Å²) in [7, 11) is 1.10. The number of aliphatic hydroxyl groups excluding tert-OH is 1. The van der Waals surface area contributed by atoms with Crippen molar-refractivity contribution in [2.45, 2.75) is 212 Å². The normalized spacial score (nSPS) is 14.1. The minimum absolute atomic E-state index is 0.0504. The standard InChI is InChI=1S/C42H84NO10P/c1-6-8-9-10-11-12-13-14-18-21-24-27-30-33-41(45)49-37-40(38-51-54(47,48)50-36-35-43(3,4)5)52-53-42(46)34-31-28-25-22-19-16-15-17-20-23-26-29-32-39(44)7-2/h39-40,44H,6-38H2,1-5H3/q+1/t39?,40-/m1/s1. The van der Waals surface area contributed by atoms with Gasteiger partial charge in [0, 0.05) is 17.7 Å². The Labute approximate surface area is 331 Å². The van der Waals surface area contributed by atoms with Crippen molar-refractivity contribution >= 4 is 20.1 Å². The number of esters is 1. The van der Waals surface area contributed by atoms with Crippen LogP contribution in [0.4, 0.5) is 0 Å². The summed E-state index contributed by atoms with van der Waals surface area (Å²) in [5, 5.41) is 9.62. The summed E-state index contributed by atoms with van der Waals surface area (Å²) in [6.07, 6.45) is 30.2. The van der Waals surface area contributed by atoms with E-state index in [9.17, 15) is 24.5 Å². The third kappa shape index (κ3) is 39.3. The molecule has 0 spiro atoms. The number of rotatable bonds is 41. The molecule has 321 valence electrons.